The molecule has 0 fully saturated rings. The lowest BCUT2D eigenvalue weighted by atomic mass is 10.1. The first kappa shape index (κ1) is 13.7. The van der Waals surface area contributed by atoms with Crippen LogP contribution in [0.3, 0.4) is 0 Å². The zero-order chi connectivity index (χ0) is 11.0. The molecule has 0 saturated carbocycles. The summed E-state index contributed by atoms with van der Waals surface area (Å²) in [6, 6.07) is 0.0998. The molecule has 0 spiro atoms. The highest BCUT2D eigenvalue weighted by atomic mass is 35.5. The fourth-order valence-electron chi connectivity index (χ4n) is 1.09. The predicted octanol–water partition coefficient (Wildman–Crippen LogP) is 1.79. The molecule has 1 unspecified atom stereocenters. The summed E-state index contributed by atoms with van der Waals surface area (Å²) < 4.78 is 5.03. The Labute approximate surface area is 91.2 Å². The van der Waals surface area contributed by atoms with Crippen molar-refractivity contribution in [2.45, 2.75) is 32.7 Å². The van der Waals surface area contributed by atoms with E-state index in [9.17, 15) is 4.79 Å². The summed E-state index contributed by atoms with van der Waals surface area (Å²) in [5.41, 5.74) is 0. The van der Waals surface area contributed by atoms with Gasteiger partial charge in [0, 0.05) is 19.4 Å². The second-order valence-electron chi connectivity index (χ2n) is 3.67. The van der Waals surface area contributed by atoms with E-state index in [0.29, 0.717) is 24.8 Å². The van der Waals surface area contributed by atoms with Crippen LogP contribution in [0, 0.1) is 5.92 Å². The minimum Gasteiger partial charge on any atom is -0.383 e. The number of halogens is 1. The van der Waals surface area contributed by atoms with E-state index in [-0.39, 0.29) is 11.9 Å². The minimum absolute atomic E-state index is 0.0569. The van der Waals surface area contributed by atoms with Crippen LogP contribution in [0.1, 0.15) is 26.7 Å². The van der Waals surface area contributed by atoms with Gasteiger partial charge in [-0.3, -0.25) is 4.79 Å². The summed E-state index contributed by atoms with van der Waals surface area (Å²) in [6.45, 7) is 4.68. The van der Waals surface area contributed by atoms with Crippen molar-refractivity contribution >= 4 is 17.5 Å². The van der Waals surface area contributed by atoms with Gasteiger partial charge in [0.15, 0.2) is 0 Å². The van der Waals surface area contributed by atoms with Gasteiger partial charge < -0.3 is 10.1 Å². The van der Waals surface area contributed by atoms with Crippen LogP contribution in [0.5, 0.6) is 0 Å². The number of hydrogen-bond donors (Lipinski definition) is 1. The monoisotopic (exact) mass is 221 g/mol. The Hall–Kier alpha value is -0.280. The largest absolute Gasteiger partial charge is 0.383 e. The van der Waals surface area contributed by atoms with Gasteiger partial charge in [-0.15, -0.1) is 11.6 Å². The van der Waals surface area contributed by atoms with Crippen LogP contribution in [0.2, 0.25) is 0 Å². The van der Waals surface area contributed by atoms with Crippen molar-refractivity contribution in [1.29, 1.82) is 0 Å². The van der Waals surface area contributed by atoms with Gasteiger partial charge in [0.25, 0.3) is 0 Å². The predicted molar refractivity (Wildman–Crippen MR) is 58.6 cm³/mol. The second kappa shape index (κ2) is 8.06. The first-order valence-corrected chi connectivity index (χ1v) is 5.49. The quantitative estimate of drug-likeness (QED) is 0.666. The molecule has 1 amide bonds. The highest BCUT2D eigenvalue weighted by Crippen LogP contribution is 2.03. The fourth-order valence-corrected chi connectivity index (χ4v) is 1.22. The van der Waals surface area contributed by atoms with Gasteiger partial charge in [0.1, 0.15) is 0 Å². The Morgan fingerprint density at radius 3 is 2.57 bits per heavy atom. The highest BCUT2D eigenvalue weighted by molar-refractivity contribution is 6.17. The normalized spacial score (nSPS) is 12.9. The molecule has 0 heterocycles. The third-order valence-electron chi connectivity index (χ3n) is 2.03. The Kier molecular flexibility index (Phi) is 7.90. The van der Waals surface area contributed by atoms with Crippen LogP contribution < -0.4 is 5.32 Å². The molecule has 0 aromatic rings. The summed E-state index contributed by atoms with van der Waals surface area (Å²) in [5.74, 6) is 0.973. The maximum atomic E-state index is 11.4. The van der Waals surface area contributed by atoms with E-state index in [2.05, 4.69) is 19.2 Å². The van der Waals surface area contributed by atoms with Crippen LogP contribution in [-0.2, 0) is 9.53 Å². The average molecular weight is 222 g/mol. The lowest BCUT2D eigenvalue weighted by molar-refractivity contribution is -0.122. The van der Waals surface area contributed by atoms with Crippen LogP contribution in [0.15, 0.2) is 0 Å². The molecular weight excluding hydrogens is 202 g/mol. The number of alkyl halides is 1. The molecule has 1 atom stereocenters. The molecule has 3 nitrogen and oxygen atoms in total. The van der Waals surface area contributed by atoms with E-state index in [1.807, 2.05) is 0 Å². The molecule has 0 aromatic heterocycles. The van der Waals surface area contributed by atoms with E-state index in [0.717, 1.165) is 6.42 Å². The highest BCUT2D eigenvalue weighted by Gasteiger charge is 2.15. The molecule has 0 saturated heterocycles. The Morgan fingerprint density at radius 2 is 2.14 bits per heavy atom. The number of hydrogen-bond acceptors (Lipinski definition) is 2. The van der Waals surface area contributed by atoms with Gasteiger partial charge in [0.2, 0.25) is 5.91 Å². The smallest absolute Gasteiger partial charge is 0.220 e. The number of carbonyl (C=O) groups is 1. The van der Waals surface area contributed by atoms with Crippen LogP contribution in [0.4, 0.5) is 0 Å². The SMILES string of the molecule is COCC(NC(=O)CCCCl)C(C)C. The third kappa shape index (κ3) is 6.22. The molecule has 0 aromatic carbocycles. The Morgan fingerprint density at radius 1 is 1.50 bits per heavy atom. The molecule has 0 aliphatic heterocycles. The average Bonchev–Trinajstić information content (AvgIpc) is 2.14. The second-order valence-corrected chi connectivity index (χ2v) is 4.04. The van der Waals surface area contributed by atoms with Gasteiger partial charge in [0.05, 0.1) is 12.6 Å². The zero-order valence-electron chi connectivity index (χ0n) is 9.18. The van der Waals surface area contributed by atoms with Gasteiger partial charge >= 0.3 is 0 Å². The minimum atomic E-state index is 0.0569. The third-order valence-corrected chi connectivity index (χ3v) is 2.30. The van der Waals surface area contributed by atoms with Crippen molar-refractivity contribution in [2.24, 2.45) is 5.92 Å². The van der Waals surface area contributed by atoms with E-state index < -0.39 is 0 Å². The molecule has 4 heteroatoms. The van der Waals surface area contributed by atoms with E-state index in [1.165, 1.54) is 0 Å². The van der Waals surface area contributed by atoms with Gasteiger partial charge in [-0.1, -0.05) is 13.8 Å². The molecule has 84 valence electrons. The van der Waals surface area contributed by atoms with Crippen molar-refractivity contribution in [3.8, 4) is 0 Å². The van der Waals surface area contributed by atoms with Crippen molar-refractivity contribution in [3.63, 3.8) is 0 Å². The molecular formula is C10H20ClNO2. The lowest BCUT2D eigenvalue weighted by Crippen LogP contribution is -2.41. The summed E-state index contributed by atoms with van der Waals surface area (Å²) in [4.78, 5) is 11.4. The van der Waals surface area contributed by atoms with Crippen LogP contribution in [-0.4, -0.2) is 31.5 Å². The Bertz CT molecular complexity index is 162. The molecule has 0 radical (unpaired) electrons. The zero-order valence-corrected chi connectivity index (χ0v) is 9.93. The first-order chi connectivity index (χ1) is 6.61. The van der Waals surface area contributed by atoms with Crippen molar-refractivity contribution in [3.05, 3.63) is 0 Å². The summed E-state index contributed by atoms with van der Waals surface area (Å²) >= 11 is 5.50. The number of ether oxygens (including phenoxy) is 1. The summed E-state index contributed by atoms with van der Waals surface area (Å²) in [5, 5.41) is 2.93. The number of amides is 1. The molecule has 14 heavy (non-hydrogen) atoms. The van der Waals surface area contributed by atoms with Gasteiger partial charge in [-0.05, 0) is 12.3 Å². The molecule has 0 bridgehead atoms. The topological polar surface area (TPSA) is 38.3 Å². The van der Waals surface area contributed by atoms with Crippen molar-refractivity contribution < 1.29 is 9.53 Å². The number of rotatable bonds is 7. The standard InChI is InChI=1S/C10H20ClNO2/c1-8(2)9(7-14-3)12-10(13)5-4-6-11/h8-9H,4-7H2,1-3H3,(H,12,13). The van der Waals surface area contributed by atoms with Crippen molar-refractivity contribution in [1.82, 2.24) is 5.32 Å². The number of nitrogens with one attached hydrogen (secondary N) is 1. The molecule has 0 rings (SSSR count). The number of carbonyl (C=O) groups excluding carboxylic acids is 1. The Balaban J connectivity index is 3.83. The van der Waals surface area contributed by atoms with E-state index in [4.69, 9.17) is 16.3 Å². The van der Waals surface area contributed by atoms with Crippen molar-refractivity contribution in [2.75, 3.05) is 19.6 Å². The van der Waals surface area contributed by atoms with Gasteiger partial charge in [-0.2, -0.15) is 0 Å². The van der Waals surface area contributed by atoms with E-state index >= 15 is 0 Å². The first-order valence-electron chi connectivity index (χ1n) is 4.96. The van der Waals surface area contributed by atoms with Crippen LogP contribution in [0.25, 0.3) is 0 Å². The molecule has 0 aliphatic carbocycles. The number of methoxy groups -OCH3 is 1. The lowest BCUT2D eigenvalue weighted by Gasteiger charge is -2.21. The maximum Gasteiger partial charge on any atom is 0.220 e. The maximum absolute atomic E-state index is 11.4. The van der Waals surface area contributed by atoms with E-state index in [1.54, 1.807) is 7.11 Å². The molecule has 0 aliphatic rings. The molecule has 1 N–H and O–H groups in total. The fraction of sp³-hybridized carbons (Fsp3) is 0.900. The summed E-state index contributed by atoms with van der Waals surface area (Å²) in [7, 11) is 1.64. The van der Waals surface area contributed by atoms with Gasteiger partial charge in [-0.25, -0.2) is 0 Å². The van der Waals surface area contributed by atoms with Crippen LogP contribution >= 0.6 is 11.6 Å². The summed E-state index contributed by atoms with van der Waals surface area (Å²) in [6.07, 6.45) is 1.22.